The summed E-state index contributed by atoms with van der Waals surface area (Å²) in [6, 6.07) is -0.215. The number of aromatic nitrogens is 1. The molecule has 1 aromatic heterocycles. The minimum absolute atomic E-state index is 0.0860. The van der Waals surface area contributed by atoms with Gasteiger partial charge in [-0.15, -0.1) is 0 Å². The average Bonchev–Trinajstić information content (AvgIpc) is 2.81. The molecule has 1 amide bonds. The van der Waals surface area contributed by atoms with Crippen LogP contribution in [0, 0.1) is 0 Å². The van der Waals surface area contributed by atoms with Crippen LogP contribution in [0.4, 0.5) is 6.01 Å². The van der Waals surface area contributed by atoms with Gasteiger partial charge in [0.15, 0.2) is 5.69 Å². The molecule has 98 valence electrons. The smallest absolute Gasteiger partial charge is 0.360 e. The van der Waals surface area contributed by atoms with E-state index in [4.69, 9.17) is 9.15 Å². The fraction of sp³-hybridized carbons (Fsp3) is 0.545. The van der Waals surface area contributed by atoms with Crippen LogP contribution in [0.2, 0.25) is 0 Å². The highest BCUT2D eigenvalue weighted by Crippen LogP contribution is 2.13. The van der Waals surface area contributed by atoms with Gasteiger partial charge in [-0.1, -0.05) is 0 Å². The Kier molecular flexibility index (Phi) is 3.81. The number of esters is 1. The van der Waals surface area contributed by atoms with Crippen molar-refractivity contribution in [2.45, 2.75) is 25.8 Å². The monoisotopic (exact) mass is 253 g/mol. The zero-order valence-corrected chi connectivity index (χ0v) is 10.1. The molecule has 0 radical (unpaired) electrons. The minimum Gasteiger partial charge on any atom is -0.461 e. The molecule has 7 heteroatoms. The minimum atomic E-state index is -0.539. The number of nitrogens with zero attached hydrogens (tertiary/aromatic N) is 1. The fourth-order valence-corrected chi connectivity index (χ4v) is 1.70. The van der Waals surface area contributed by atoms with Crippen LogP contribution in [0.25, 0.3) is 0 Å². The van der Waals surface area contributed by atoms with Crippen LogP contribution >= 0.6 is 0 Å². The van der Waals surface area contributed by atoms with Gasteiger partial charge in [0, 0.05) is 6.54 Å². The summed E-state index contributed by atoms with van der Waals surface area (Å²) in [5.74, 6) is -0.625. The van der Waals surface area contributed by atoms with Crippen molar-refractivity contribution in [3.8, 4) is 0 Å². The third-order valence-corrected chi connectivity index (χ3v) is 2.57. The van der Waals surface area contributed by atoms with Gasteiger partial charge in [-0.05, 0) is 19.8 Å². The Bertz CT molecular complexity index is 443. The van der Waals surface area contributed by atoms with Crippen molar-refractivity contribution in [2.24, 2.45) is 0 Å². The summed E-state index contributed by atoms with van der Waals surface area (Å²) in [4.78, 5) is 26.8. The standard InChI is InChI=1S/C11H15N3O4/c1-2-17-10(16)8-6-18-11(14-8)13-7-4-3-5-12-9(7)15/h6-7H,2-5H2,1H3,(H,12,15)(H,13,14). The van der Waals surface area contributed by atoms with Crippen LogP contribution in [0.5, 0.6) is 0 Å². The molecule has 1 unspecified atom stereocenters. The lowest BCUT2D eigenvalue weighted by Crippen LogP contribution is -2.44. The Morgan fingerprint density at radius 2 is 2.56 bits per heavy atom. The van der Waals surface area contributed by atoms with Crippen molar-refractivity contribution in [3.63, 3.8) is 0 Å². The molecule has 2 N–H and O–H groups in total. The Morgan fingerprint density at radius 3 is 3.28 bits per heavy atom. The summed E-state index contributed by atoms with van der Waals surface area (Å²) in [5.41, 5.74) is 0.0931. The number of rotatable bonds is 4. The predicted molar refractivity (Wildman–Crippen MR) is 62.1 cm³/mol. The lowest BCUT2D eigenvalue weighted by atomic mass is 10.1. The summed E-state index contributed by atoms with van der Waals surface area (Å²) in [7, 11) is 0. The van der Waals surface area contributed by atoms with Crippen LogP contribution in [0.15, 0.2) is 10.7 Å². The van der Waals surface area contributed by atoms with E-state index in [1.165, 1.54) is 6.26 Å². The van der Waals surface area contributed by atoms with E-state index in [2.05, 4.69) is 15.6 Å². The molecule has 1 aliphatic rings. The lowest BCUT2D eigenvalue weighted by Gasteiger charge is -2.21. The van der Waals surface area contributed by atoms with Crippen molar-refractivity contribution in [1.29, 1.82) is 0 Å². The Hall–Kier alpha value is -2.05. The molecule has 2 rings (SSSR count). The first-order valence-electron chi connectivity index (χ1n) is 5.87. The topological polar surface area (TPSA) is 93.5 Å². The molecular weight excluding hydrogens is 238 g/mol. The Balaban J connectivity index is 1.97. The maximum absolute atomic E-state index is 11.5. The first-order chi connectivity index (χ1) is 8.70. The van der Waals surface area contributed by atoms with Crippen molar-refractivity contribution in [3.05, 3.63) is 12.0 Å². The summed E-state index contributed by atoms with van der Waals surface area (Å²) in [5, 5.41) is 5.59. The van der Waals surface area contributed by atoms with E-state index in [0.717, 1.165) is 6.42 Å². The van der Waals surface area contributed by atoms with Crippen molar-refractivity contribution in [2.75, 3.05) is 18.5 Å². The molecule has 0 spiro atoms. The van der Waals surface area contributed by atoms with Crippen molar-refractivity contribution in [1.82, 2.24) is 10.3 Å². The molecule has 0 aliphatic carbocycles. The van der Waals surface area contributed by atoms with Gasteiger partial charge >= 0.3 is 5.97 Å². The van der Waals surface area contributed by atoms with Gasteiger partial charge in [0.1, 0.15) is 12.3 Å². The maximum atomic E-state index is 11.5. The van der Waals surface area contributed by atoms with E-state index in [1.807, 2.05) is 0 Å². The van der Waals surface area contributed by atoms with E-state index in [-0.39, 0.29) is 30.3 Å². The molecule has 0 aromatic carbocycles. The Morgan fingerprint density at radius 1 is 1.72 bits per heavy atom. The molecule has 1 fully saturated rings. The molecule has 2 heterocycles. The number of amides is 1. The van der Waals surface area contributed by atoms with Gasteiger partial charge in [-0.25, -0.2) is 4.79 Å². The summed E-state index contributed by atoms with van der Waals surface area (Å²) >= 11 is 0. The first kappa shape index (κ1) is 12.4. The van der Waals surface area contributed by atoms with Crippen LogP contribution in [-0.4, -0.2) is 36.1 Å². The molecule has 1 aliphatic heterocycles. The molecule has 0 saturated carbocycles. The highest BCUT2D eigenvalue weighted by molar-refractivity contribution is 5.87. The quantitative estimate of drug-likeness (QED) is 0.761. The third kappa shape index (κ3) is 2.79. The normalized spacial score (nSPS) is 19.2. The number of carbonyl (C=O) groups excluding carboxylic acids is 2. The number of oxazole rings is 1. The highest BCUT2D eigenvalue weighted by Gasteiger charge is 2.23. The number of piperidine rings is 1. The van der Waals surface area contributed by atoms with Gasteiger partial charge in [0.05, 0.1) is 6.61 Å². The maximum Gasteiger partial charge on any atom is 0.360 e. The van der Waals surface area contributed by atoms with Gasteiger partial charge in [0.25, 0.3) is 6.01 Å². The SMILES string of the molecule is CCOC(=O)c1coc(NC2CCCNC2=O)n1. The van der Waals surface area contributed by atoms with E-state index in [1.54, 1.807) is 6.92 Å². The second-order valence-corrected chi connectivity index (χ2v) is 3.89. The molecule has 7 nitrogen and oxygen atoms in total. The molecule has 1 atom stereocenters. The van der Waals surface area contributed by atoms with Crippen LogP contribution in [-0.2, 0) is 9.53 Å². The first-order valence-corrected chi connectivity index (χ1v) is 5.87. The third-order valence-electron chi connectivity index (χ3n) is 2.57. The number of carbonyl (C=O) groups is 2. The molecule has 18 heavy (non-hydrogen) atoms. The largest absolute Gasteiger partial charge is 0.461 e. The summed E-state index contributed by atoms with van der Waals surface area (Å²) in [6.45, 7) is 2.68. The van der Waals surface area contributed by atoms with Crippen LogP contribution in [0.1, 0.15) is 30.3 Å². The molecule has 1 aromatic rings. The van der Waals surface area contributed by atoms with E-state index < -0.39 is 5.97 Å². The number of hydrogen-bond acceptors (Lipinski definition) is 6. The van der Waals surface area contributed by atoms with Crippen molar-refractivity contribution < 1.29 is 18.7 Å². The average molecular weight is 253 g/mol. The summed E-state index contributed by atoms with van der Waals surface area (Å²) in [6.07, 6.45) is 2.82. The van der Waals surface area contributed by atoms with Gasteiger partial charge < -0.3 is 19.8 Å². The van der Waals surface area contributed by atoms with Crippen LogP contribution in [0.3, 0.4) is 0 Å². The zero-order valence-electron chi connectivity index (χ0n) is 10.1. The zero-order chi connectivity index (χ0) is 13.0. The van der Waals surface area contributed by atoms with Crippen LogP contribution < -0.4 is 10.6 Å². The number of anilines is 1. The van der Waals surface area contributed by atoms with Crippen molar-refractivity contribution >= 4 is 17.9 Å². The van der Waals surface area contributed by atoms with E-state index in [9.17, 15) is 9.59 Å². The predicted octanol–water partition coefficient (Wildman–Crippen LogP) is 0.542. The highest BCUT2D eigenvalue weighted by atomic mass is 16.5. The number of nitrogens with one attached hydrogen (secondary N) is 2. The fourth-order valence-electron chi connectivity index (χ4n) is 1.70. The molecule has 0 bridgehead atoms. The van der Waals surface area contributed by atoms with Gasteiger partial charge in [-0.3, -0.25) is 4.79 Å². The van der Waals surface area contributed by atoms with E-state index in [0.29, 0.717) is 13.0 Å². The lowest BCUT2D eigenvalue weighted by molar-refractivity contribution is -0.123. The van der Waals surface area contributed by atoms with Gasteiger partial charge in [-0.2, -0.15) is 4.98 Å². The summed E-state index contributed by atoms with van der Waals surface area (Å²) < 4.78 is 9.86. The number of ether oxygens (including phenoxy) is 1. The van der Waals surface area contributed by atoms with E-state index >= 15 is 0 Å². The Labute approximate surface area is 104 Å². The molecular formula is C11H15N3O4. The second-order valence-electron chi connectivity index (χ2n) is 3.89. The molecule has 1 saturated heterocycles. The number of hydrogen-bond donors (Lipinski definition) is 2. The van der Waals surface area contributed by atoms with Gasteiger partial charge in [0.2, 0.25) is 5.91 Å². The second kappa shape index (κ2) is 5.52.